The van der Waals surface area contributed by atoms with Crippen LogP contribution >= 0.6 is 0 Å². The van der Waals surface area contributed by atoms with Crippen molar-refractivity contribution in [2.75, 3.05) is 27.3 Å². The minimum atomic E-state index is -0.578. The van der Waals surface area contributed by atoms with Crippen LogP contribution in [0.25, 0.3) is 0 Å². The van der Waals surface area contributed by atoms with E-state index in [1.54, 1.807) is 12.0 Å². The third-order valence-electron chi connectivity index (χ3n) is 5.73. The van der Waals surface area contributed by atoms with Crippen LogP contribution in [0.5, 0.6) is 0 Å². The molecule has 4 rings (SSSR count). The van der Waals surface area contributed by atoms with Crippen molar-refractivity contribution in [3.63, 3.8) is 0 Å². The standard InChI is InChI=1S/C16H27NO3/c1-17(8-14(18)9-20-2)16(19)15-12-4-10-3-11(6-12)7-13(15)5-10/h10-15,18H,3-9H2,1-2H3. The van der Waals surface area contributed by atoms with E-state index in [1.165, 1.54) is 32.1 Å². The van der Waals surface area contributed by atoms with Crippen molar-refractivity contribution in [1.82, 2.24) is 4.90 Å². The highest BCUT2D eigenvalue weighted by Gasteiger charge is 2.51. The Labute approximate surface area is 121 Å². The summed E-state index contributed by atoms with van der Waals surface area (Å²) in [5.74, 6) is 3.50. The molecule has 0 spiro atoms. The Morgan fingerprint density at radius 2 is 1.75 bits per heavy atom. The zero-order chi connectivity index (χ0) is 14.3. The van der Waals surface area contributed by atoms with Crippen LogP contribution < -0.4 is 0 Å². The van der Waals surface area contributed by atoms with Gasteiger partial charge in [-0.05, 0) is 55.8 Å². The summed E-state index contributed by atoms with van der Waals surface area (Å²) in [5.41, 5.74) is 0. The molecule has 0 aliphatic heterocycles. The number of hydrogen-bond donors (Lipinski definition) is 1. The summed E-state index contributed by atoms with van der Waals surface area (Å²) in [6, 6.07) is 0. The average Bonchev–Trinajstić information content (AvgIpc) is 2.37. The summed E-state index contributed by atoms with van der Waals surface area (Å²) in [4.78, 5) is 14.5. The van der Waals surface area contributed by atoms with Gasteiger partial charge in [-0.3, -0.25) is 4.79 Å². The van der Waals surface area contributed by atoms with Gasteiger partial charge in [0.1, 0.15) is 0 Å². The monoisotopic (exact) mass is 281 g/mol. The number of likely N-dealkylation sites (N-methyl/N-ethyl adjacent to an activating group) is 1. The first-order chi connectivity index (χ1) is 9.58. The molecule has 1 atom stereocenters. The average molecular weight is 281 g/mol. The van der Waals surface area contributed by atoms with Gasteiger partial charge in [0.25, 0.3) is 0 Å². The highest BCUT2D eigenvalue weighted by atomic mass is 16.5. The quantitative estimate of drug-likeness (QED) is 0.831. The molecule has 4 fully saturated rings. The topological polar surface area (TPSA) is 49.8 Å². The molecule has 4 saturated carbocycles. The van der Waals surface area contributed by atoms with Crippen LogP contribution in [0.3, 0.4) is 0 Å². The fraction of sp³-hybridized carbons (Fsp3) is 0.938. The maximum Gasteiger partial charge on any atom is 0.226 e. The molecular weight excluding hydrogens is 254 g/mol. The van der Waals surface area contributed by atoms with E-state index >= 15 is 0 Å². The predicted octanol–water partition coefficient (Wildman–Crippen LogP) is 1.52. The summed E-state index contributed by atoms with van der Waals surface area (Å²) in [5, 5.41) is 9.80. The Morgan fingerprint density at radius 3 is 2.25 bits per heavy atom. The molecular formula is C16H27NO3. The van der Waals surface area contributed by atoms with Crippen molar-refractivity contribution in [2.24, 2.45) is 29.6 Å². The molecule has 1 N–H and O–H groups in total. The first kappa shape index (κ1) is 14.3. The molecule has 0 radical (unpaired) electrons. The Hall–Kier alpha value is -0.610. The lowest BCUT2D eigenvalue weighted by molar-refractivity contribution is -0.149. The molecule has 0 aromatic rings. The smallest absolute Gasteiger partial charge is 0.226 e. The van der Waals surface area contributed by atoms with Gasteiger partial charge in [0.2, 0.25) is 5.91 Å². The minimum Gasteiger partial charge on any atom is -0.389 e. The maximum atomic E-state index is 12.7. The molecule has 1 amide bonds. The van der Waals surface area contributed by atoms with Crippen molar-refractivity contribution in [1.29, 1.82) is 0 Å². The highest BCUT2D eigenvalue weighted by Crippen LogP contribution is 2.56. The summed E-state index contributed by atoms with van der Waals surface area (Å²) < 4.78 is 4.94. The minimum absolute atomic E-state index is 0.225. The van der Waals surface area contributed by atoms with Crippen LogP contribution in [0.15, 0.2) is 0 Å². The third kappa shape index (κ3) is 2.60. The van der Waals surface area contributed by atoms with Gasteiger partial charge < -0.3 is 14.7 Å². The van der Waals surface area contributed by atoms with E-state index in [0.29, 0.717) is 25.0 Å². The highest BCUT2D eigenvalue weighted by molar-refractivity contribution is 5.79. The Kier molecular flexibility index (Phi) is 4.04. The van der Waals surface area contributed by atoms with Gasteiger partial charge in [-0.2, -0.15) is 0 Å². The second-order valence-corrected chi connectivity index (χ2v) is 7.28. The van der Waals surface area contributed by atoms with Crippen molar-refractivity contribution in [3.8, 4) is 0 Å². The molecule has 4 nitrogen and oxygen atoms in total. The van der Waals surface area contributed by atoms with Gasteiger partial charge in [-0.1, -0.05) is 0 Å². The van der Waals surface area contributed by atoms with E-state index in [2.05, 4.69) is 0 Å². The molecule has 0 aromatic heterocycles. The van der Waals surface area contributed by atoms with E-state index in [0.717, 1.165) is 11.8 Å². The lowest BCUT2D eigenvalue weighted by Crippen LogP contribution is -2.52. The Morgan fingerprint density at radius 1 is 1.20 bits per heavy atom. The fourth-order valence-corrected chi connectivity index (χ4v) is 5.23. The normalized spacial score (nSPS) is 39.9. The number of amides is 1. The molecule has 20 heavy (non-hydrogen) atoms. The number of carbonyl (C=O) groups is 1. The zero-order valence-corrected chi connectivity index (χ0v) is 12.6. The van der Waals surface area contributed by atoms with Crippen molar-refractivity contribution in [2.45, 2.75) is 38.2 Å². The lowest BCUT2D eigenvalue weighted by Gasteiger charge is -2.54. The molecule has 4 aliphatic rings. The molecule has 4 aliphatic carbocycles. The van der Waals surface area contributed by atoms with Gasteiger partial charge in [0.05, 0.1) is 12.7 Å². The number of aliphatic hydroxyl groups is 1. The van der Waals surface area contributed by atoms with Crippen LogP contribution in [-0.2, 0) is 9.53 Å². The SMILES string of the molecule is COCC(O)CN(C)C(=O)C1C2CC3CC(C2)CC1C3. The molecule has 1 unspecified atom stereocenters. The number of nitrogens with zero attached hydrogens (tertiary/aromatic N) is 1. The first-order valence-corrected chi connectivity index (χ1v) is 8.00. The van der Waals surface area contributed by atoms with E-state index in [-0.39, 0.29) is 11.8 Å². The van der Waals surface area contributed by atoms with Crippen molar-refractivity contribution in [3.05, 3.63) is 0 Å². The van der Waals surface area contributed by atoms with Gasteiger partial charge >= 0.3 is 0 Å². The second-order valence-electron chi connectivity index (χ2n) is 7.28. The summed E-state index contributed by atoms with van der Waals surface area (Å²) in [6.45, 7) is 0.675. The van der Waals surface area contributed by atoms with Gasteiger partial charge in [-0.25, -0.2) is 0 Å². The van der Waals surface area contributed by atoms with E-state index < -0.39 is 6.10 Å². The number of ether oxygens (including phenoxy) is 1. The number of hydrogen-bond acceptors (Lipinski definition) is 3. The number of aliphatic hydroxyl groups excluding tert-OH is 1. The summed E-state index contributed by atoms with van der Waals surface area (Å²) in [7, 11) is 3.40. The largest absolute Gasteiger partial charge is 0.389 e. The van der Waals surface area contributed by atoms with E-state index in [4.69, 9.17) is 4.74 Å². The van der Waals surface area contributed by atoms with E-state index in [1.807, 2.05) is 7.05 Å². The molecule has 114 valence electrons. The van der Waals surface area contributed by atoms with Crippen LogP contribution in [-0.4, -0.2) is 49.3 Å². The molecule has 4 heteroatoms. The van der Waals surface area contributed by atoms with Gasteiger partial charge in [0.15, 0.2) is 0 Å². The van der Waals surface area contributed by atoms with Crippen LogP contribution in [0.2, 0.25) is 0 Å². The van der Waals surface area contributed by atoms with E-state index in [9.17, 15) is 9.90 Å². The lowest BCUT2D eigenvalue weighted by atomic mass is 9.51. The Balaban J connectivity index is 1.62. The van der Waals surface area contributed by atoms with Crippen molar-refractivity contribution < 1.29 is 14.6 Å². The molecule has 4 bridgehead atoms. The zero-order valence-electron chi connectivity index (χ0n) is 12.6. The third-order valence-corrected chi connectivity index (χ3v) is 5.73. The van der Waals surface area contributed by atoms with Crippen molar-refractivity contribution >= 4 is 5.91 Å². The molecule has 0 saturated heterocycles. The van der Waals surface area contributed by atoms with Gasteiger partial charge in [-0.15, -0.1) is 0 Å². The van der Waals surface area contributed by atoms with Gasteiger partial charge in [0, 0.05) is 26.6 Å². The number of carbonyl (C=O) groups excluding carboxylic acids is 1. The Bertz CT molecular complexity index is 343. The fourth-order valence-electron chi connectivity index (χ4n) is 5.23. The maximum absolute atomic E-state index is 12.7. The first-order valence-electron chi connectivity index (χ1n) is 8.00. The summed E-state index contributed by atoms with van der Waals surface area (Å²) in [6.07, 6.45) is 5.88. The molecule has 0 heterocycles. The number of rotatable bonds is 5. The van der Waals surface area contributed by atoms with Crippen LogP contribution in [0.1, 0.15) is 32.1 Å². The second kappa shape index (κ2) is 5.64. The summed E-state index contributed by atoms with van der Waals surface area (Å²) >= 11 is 0. The number of methoxy groups -OCH3 is 1. The van der Waals surface area contributed by atoms with Crippen LogP contribution in [0, 0.1) is 29.6 Å². The predicted molar refractivity (Wildman–Crippen MR) is 76.1 cm³/mol. The molecule has 0 aromatic carbocycles. The van der Waals surface area contributed by atoms with Crippen LogP contribution in [0.4, 0.5) is 0 Å².